The first-order valence-corrected chi connectivity index (χ1v) is 4.88. The van der Waals surface area contributed by atoms with Crippen LogP contribution in [0.5, 0.6) is 0 Å². The number of carbonyl (C=O) groups is 1. The van der Waals surface area contributed by atoms with Crippen molar-refractivity contribution >= 4 is 5.97 Å². The van der Waals surface area contributed by atoms with Gasteiger partial charge in [-0.1, -0.05) is 5.21 Å². The summed E-state index contributed by atoms with van der Waals surface area (Å²) >= 11 is 0. The Labute approximate surface area is 96.1 Å². The van der Waals surface area contributed by atoms with Crippen molar-refractivity contribution in [2.75, 3.05) is 0 Å². The minimum Gasteiger partial charge on any atom is -0.476 e. The standard InChI is InChI=1S/C9H11N5O3/c1-5-6(11-4-17-5)3-14-7(2-10)8(9(15)16)12-13-14/h4H,2-3,10H2,1H3,(H,15,16). The van der Waals surface area contributed by atoms with Crippen LogP contribution in [-0.2, 0) is 13.1 Å². The van der Waals surface area contributed by atoms with Crippen molar-refractivity contribution in [3.8, 4) is 0 Å². The number of aromatic nitrogens is 4. The number of aryl methyl sites for hydroxylation is 1. The molecule has 0 saturated carbocycles. The molecule has 8 heteroatoms. The summed E-state index contributed by atoms with van der Waals surface area (Å²) in [6, 6.07) is 0. The van der Waals surface area contributed by atoms with Crippen molar-refractivity contribution in [3.05, 3.63) is 29.2 Å². The molecule has 0 bridgehead atoms. The van der Waals surface area contributed by atoms with E-state index in [1.165, 1.54) is 11.1 Å². The summed E-state index contributed by atoms with van der Waals surface area (Å²) in [6.07, 6.45) is 1.32. The Hall–Kier alpha value is -2.22. The van der Waals surface area contributed by atoms with Gasteiger partial charge in [0, 0.05) is 6.54 Å². The Balaban J connectivity index is 2.34. The van der Waals surface area contributed by atoms with Crippen LogP contribution in [0.3, 0.4) is 0 Å². The third-order valence-corrected chi connectivity index (χ3v) is 2.38. The molecule has 0 amide bonds. The number of nitrogens with two attached hydrogens (primary N) is 1. The Morgan fingerprint density at radius 2 is 2.41 bits per heavy atom. The number of hydrogen-bond donors (Lipinski definition) is 2. The first-order chi connectivity index (χ1) is 8.13. The van der Waals surface area contributed by atoms with Crippen LogP contribution in [-0.4, -0.2) is 31.1 Å². The highest BCUT2D eigenvalue weighted by Crippen LogP contribution is 2.10. The second kappa shape index (κ2) is 4.34. The van der Waals surface area contributed by atoms with E-state index in [-0.39, 0.29) is 18.8 Å². The van der Waals surface area contributed by atoms with Crippen molar-refractivity contribution in [1.82, 2.24) is 20.0 Å². The van der Waals surface area contributed by atoms with Gasteiger partial charge >= 0.3 is 5.97 Å². The summed E-state index contributed by atoms with van der Waals surface area (Å²) in [5, 5.41) is 16.2. The summed E-state index contributed by atoms with van der Waals surface area (Å²) in [7, 11) is 0. The summed E-state index contributed by atoms with van der Waals surface area (Å²) in [4.78, 5) is 14.9. The zero-order chi connectivity index (χ0) is 12.4. The fourth-order valence-electron chi connectivity index (χ4n) is 1.45. The molecule has 2 aromatic heterocycles. The number of rotatable bonds is 4. The largest absolute Gasteiger partial charge is 0.476 e. The van der Waals surface area contributed by atoms with E-state index in [0.717, 1.165) is 0 Å². The molecule has 0 saturated heterocycles. The zero-order valence-electron chi connectivity index (χ0n) is 9.12. The molecule has 0 radical (unpaired) electrons. The van der Waals surface area contributed by atoms with Crippen LogP contribution >= 0.6 is 0 Å². The first kappa shape index (κ1) is 11.3. The minimum absolute atomic E-state index is 0.0472. The molecule has 2 rings (SSSR count). The average molecular weight is 237 g/mol. The maximum absolute atomic E-state index is 10.9. The fourth-order valence-corrected chi connectivity index (χ4v) is 1.45. The molecule has 0 aliphatic heterocycles. The Morgan fingerprint density at radius 1 is 1.65 bits per heavy atom. The number of aromatic carboxylic acids is 1. The van der Waals surface area contributed by atoms with E-state index < -0.39 is 5.97 Å². The van der Waals surface area contributed by atoms with Gasteiger partial charge in [0.25, 0.3) is 0 Å². The smallest absolute Gasteiger partial charge is 0.358 e. The molecule has 3 N–H and O–H groups in total. The van der Waals surface area contributed by atoms with Crippen LogP contribution in [0.2, 0.25) is 0 Å². The van der Waals surface area contributed by atoms with E-state index >= 15 is 0 Å². The van der Waals surface area contributed by atoms with Crippen molar-refractivity contribution in [1.29, 1.82) is 0 Å². The molecule has 0 aliphatic rings. The fraction of sp³-hybridized carbons (Fsp3) is 0.333. The normalized spacial score (nSPS) is 10.7. The molecular formula is C9H11N5O3. The van der Waals surface area contributed by atoms with Crippen molar-refractivity contribution < 1.29 is 14.3 Å². The molecule has 0 aromatic carbocycles. The Morgan fingerprint density at radius 3 is 2.94 bits per heavy atom. The third-order valence-electron chi connectivity index (χ3n) is 2.38. The molecule has 0 atom stereocenters. The van der Waals surface area contributed by atoms with Crippen molar-refractivity contribution in [2.24, 2.45) is 5.73 Å². The molecule has 8 nitrogen and oxygen atoms in total. The highest BCUT2D eigenvalue weighted by molar-refractivity contribution is 5.86. The van der Waals surface area contributed by atoms with Gasteiger partial charge in [-0.25, -0.2) is 14.5 Å². The maximum atomic E-state index is 10.9. The van der Waals surface area contributed by atoms with E-state index in [9.17, 15) is 4.79 Å². The van der Waals surface area contributed by atoms with Crippen LogP contribution in [0.1, 0.15) is 27.6 Å². The molecule has 17 heavy (non-hydrogen) atoms. The van der Waals surface area contributed by atoms with Gasteiger partial charge in [0.1, 0.15) is 11.5 Å². The zero-order valence-corrected chi connectivity index (χ0v) is 9.12. The third kappa shape index (κ3) is 2.02. The molecule has 0 spiro atoms. The molecule has 90 valence electrons. The summed E-state index contributed by atoms with van der Waals surface area (Å²) in [5.74, 6) is -0.492. The Bertz CT molecular complexity index is 545. The molecule has 0 unspecified atom stereocenters. The lowest BCUT2D eigenvalue weighted by Crippen LogP contribution is -2.13. The second-order valence-electron chi connectivity index (χ2n) is 3.41. The van der Waals surface area contributed by atoms with Crippen LogP contribution < -0.4 is 5.73 Å². The van der Waals surface area contributed by atoms with Gasteiger partial charge in [0.2, 0.25) is 0 Å². The Kier molecular flexibility index (Phi) is 2.88. The molecule has 2 heterocycles. The van der Waals surface area contributed by atoms with E-state index in [4.69, 9.17) is 15.3 Å². The predicted molar refractivity (Wildman–Crippen MR) is 55.2 cm³/mol. The van der Waals surface area contributed by atoms with E-state index in [1.54, 1.807) is 6.92 Å². The minimum atomic E-state index is -1.14. The molecule has 2 aromatic rings. The van der Waals surface area contributed by atoms with Gasteiger partial charge < -0.3 is 15.3 Å². The average Bonchev–Trinajstić information content (AvgIpc) is 2.86. The highest BCUT2D eigenvalue weighted by Gasteiger charge is 2.18. The first-order valence-electron chi connectivity index (χ1n) is 4.88. The van der Waals surface area contributed by atoms with Crippen molar-refractivity contribution in [2.45, 2.75) is 20.0 Å². The maximum Gasteiger partial charge on any atom is 0.358 e. The van der Waals surface area contributed by atoms with Crippen LogP contribution in [0.4, 0.5) is 0 Å². The number of oxazole rings is 1. The van der Waals surface area contributed by atoms with Gasteiger partial charge in [0.05, 0.1) is 12.2 Å². The van der Waals surface area contributed by atoms with E-state index in [0.29, 0.717) is 17.1 Å². The van der Waals surface area contributed by atoms with Crippen molar-refractivity contribution in [3.63, 3.8) is 0 Å². The summed E-state index contributed by atoms with van der Waals surface area (Å²) < 4.78 is 6.46. The lowest BCUT2D eigenvalue weighted by molar-refractivity contribution is 0.0689. The second-order valence-corrected chi connectivity index (χ2v) is 3.41. The van der Waals surface area contributed by atoms with Gasteiger partial charge in [-0.2, -0.15) is 0 Å². The topological polar surface area (TPSA) is 120 Å². The number of carboxylic acids is 1. The van der Waals surface area contributed by atoms with E-state index in [1.807, 2.05) is 0 Å². The number of carboxylic acid groups (broad SMARTS) is 1. The van der Waals surface area contributed by atoms with Crippen LogP contribution in [0.25, 0.3) is 0 Å². The molecule has 0 aliphatic carbocycles. The number of hydrogen-bond acceptors (Lipinski definition) is 6. The van der Waals surface area contributed by atoms with E-state index in [2.05, 4.69) is 15.3 Å². The van der Waals surface area contributed by atoms with Gasteiger partial charge in [-0.05, 0) is 6.92 Å². The summed E-state index contributed by atoms with van der Waals surface area (Å²) in [6.45, 7) is 2.10. The lowest BCUT2D eigenvalue weighted by atomic mass is 10.3. The van der Waals surface area contributed by atoms with Gasteiger partial charge in [0.15, 0.2) is 12.1 Å². The number of nitrogens with zero attached hydrogens (tertiary/aromatic N) is 4. The van der Waals surface area contributed by atoms with Crippen LogP contribution in [0.15, 0.2) is 10.8 Å². The SMILES string of the molecule is Cc1ocnc1Cn1nnc(C(=O)O)c1CN. The van der Waals surface area contributed by atoms with Gasteiger partial charge in [-0.15, -0.1) is 5.10 Å². The highest BCUT2D eigenvalue weighted by atomic mass is 16.4. The summed E-state index contributed by atoms with van der Waals surface area (Å²) in [5.41, 5.74) is 6.39. The quantitative estimate of drug-likeness (QED) is 0.754. The lowest BCUT2D eigenvalue weighted by Gasteiger charge is -2.02. The predicted octanol–water partition coefficient (Wildman–Crippen LogP) is -0.220. The molecule has 0 fully saturated rings. The monoisotopic (exact) mass is 237 g/mol. The molecular weight excluding hydrogens is 226 g/mol. The van der Waals surface area contributed by atoms with Gasteiger partial charge in [-0.3, -0.25) is 0 Å². The van der Waals surface area contributed by atoms with Crippen LogP contribution in [0, 0.1) is 6.92 Å².